The van der Waals surface area contributed by atoms with Crippen LogP contribution in [0.1, 0.15) is 58.3 Å². The minimum absolute atomic E-state index is 0.195. The van der Waals surface area contributed by atoms with Crippen LogP contribution in [-0.4, -0.2) is 17.5 Å². The first-order valence-electron chi connectivity index (χ1n) is 6.94. The number of ether oxygens (including phenoxy) is 1. The molecule has 0 spiro atoms. The van der Waals surface area contributed by atoms with E-state index in [9.17, 15) is 0 Å². The summed E-state index contributed by atoms with van der Waals surface area (Å²) in [5.41, 5.74) is 0.195. The molecular weight excluding hydrogens is 264 g/mol. The van der Waals surface area contributed by atoms with Crippen molar-refractivity contribution in [1.82, 2.24) is 0 Å². The van der Waals surface area contributed by atoms with Crippen LogP contribution in [0.2, 0.25) is 0 Å². The molecule has 0 aromatic rings. The number of hydrogen-bond donors (Lipinski definition) is 0. The van der Waals surface area contributed by atoms with Gasteiger partial charge in [0.15, 0.2) is 0 Å². The van der Waals surface area contributed by atoms with E-state index < -0.39 is 0 Å². The lowest BCUT2D eigenvalue weighted by molar-refractivity contribution is -0.0465. The van der Waals surface area contributed by atoms with Crippen molar-refractivity contribution in [2.24, 2.45) is 11.8 Å². The van der Waals surface area contributed by atoms with E-state index in [1.54, 1.807) is 0 Å². The molecule has 0 amide bonds. The van der Waals surface area contributed by atoms with Gasteiger partial charge in [-0.3, -0.25) is 0 Å². The van der Waals surface area contributed by atoms with Crippen molar-refractivity contribution in [3.8, 4) is 0 Å². The van der Waals surface area contributed by atoms with Gasteiger partial charge < -0.3 is 4.74 Å². The highest BCUT2D eigenvalue weighted by atomic mass is 79.9. The fourth-order valence-corrected chi connectivity index (χ4v) is 4.06. The first-order chi connectivity index (χ1) is 7.74. The molecule has 0 saturated heterocycles. The summed E-state index contributed by atoms with van der Waals surface area (Å²) < 4.78 is 6.28. The predicted octanol–water partition coefficient (Wildman–Crippen LogP) is 4.54. The summed E-state index contributed by atoms with van der Waals surface area (Å²) in [4.78, 5) is 0. The van der Waals surface area contributed by atoms with Gasteiger partial charge in [-0.05, 0) is 37.5 Å². The van der Waals surface area contributed by atoms with Crippen LogP contribution in [0.5, 0.6) is 0 Å². The average molecular weight is 289 g/mol. The summed E-state index contributed by atoms with van der Waals surface area (Å²) in [6.45, 7) is 3.40. The third-order valence-electron chi connectivity index (χ3n) is 4.43. The van der Waals surface area contributed by atoms with Crippen LogP contribution < -0.4 is 0 Å². The molecule has 0 bridgehead atoms. The highest BCUT2D eigenvalue weighted by Gasteiger charge is 2.34. The number of alkyl halides is 1. The summed E-state index contributed by atoms with van der Waals surface area (Å²) in [5, 5.41) is 1.03. The van der Waals surface area contributed by atoms with E-state index in [1.807, 2.05) is 0 Å². The highest BCUT2D eigenvalue weighted by Crippen LogP contribution is 2.37. The Kier molecular flexibility index (Phi) is 4.72. The van der Waals surface area contributed by atoms with Gasteiger partial charge in [0.2, 0.25) is 0 Å². The molecule has 0 aliphatic heterocycles. The summed E-state index contributed by atoms with van der Waals surface area (Å²) in [6, 6.07) is 0. The van der Waals surface area contributed by atoms with Crippen LogP contribution in [-0.2, 0) is 4.74 Å². The quantitative estimate of drug-likeness (QED) is 0.690. The first-order valence-corrected chi connectivity index (χ1v) is 8.06. The molecule has 0 aromatic heterocycles. The van der Waals surface area contributed by atoms with E-state index in [1.165, 1.54) is 51.4 Å². The van der Waals surface area contributed by atoms with Crippen molar-refractivity contribution >= 4 is 15.9 Å². The van der Waals surface area contributed by atoms with E-state index in [-0.39, 0.29) is 5.60 Å². The maximum atomic E-state index is 6.28. The molecule has 0 radical (unpaired) electrons. The minimum atomic E-state index is 0.195. The van der Waals surface area contributed by atoms with Crippen molar-refractivity contribution < 1.29 is 4.74 Å². The van der Waals surface area contributed by atoms with Crippen molar-refractivity contribution in [3.63, 3.8) is 0 Å². The molecule has 0 aromatic carbocycles. The second-order valence-corrected chi connectivity index (χ2v) is 6.53. The van der Waals surface area contributed by atoms with Gasteiger partial charge in [0.1, 0.15) is 0 Å². The number of hydrogen-bond acceptors (Lipinski definition) is 1. The molecule has 2 aliphatic rings. The van der Waals surface area contributed by atoms with E-state index in [4.69, 9.17) is 4.74 Å². The molecule has 94 valence electrons. The molecular formula is C14H25BrO. The van der Waals surface area contributed by atoms with Gasteiger partial charge in [0.25, 0.3) is 0 Å². The minimum Gasteiger partial charge on any atom is -0.374 e. The van der Waals surface area contributed by atoms with Gasteiger partial charge in [-0.25, -0.2) is 0 Å². The van der Waals surface area contributed by atoms with Crippen LogP contribution in [0.25, 0.3) is 0 Å². The lowest BCUT2D eigenvalue weighted by Gasteiger charge is -2.32. The molecule has 1 nitrogen and oxygen atoms in total. The Labute approximate surface area is 108 Å². The largest absolute Gasteiger partial charge is 0.374 e. The van der Waals surface area contributed by atoms with Gasteiger partial charge in [0.05, 0.1) is 12.2 Å². The smallest absolute Gasteiger partial charge is 0.0779 e. The standard InChI is InChI=1S/C14H25BrO/c1-12-5-4-6-13(9-12)10-16-14(11-15)7-2-3-8-14/h12-13H,2-11H2,1H3. The van der Waals surface area contributed by atoms with Crippen LogP contribution in [0.4, 0.5) is 0 Å². The summed E-state index contributed by atoms with van der Waals surface area (Å²) in [5.74, 6) is 1.76. The van der Waals surface area contributed by atoms with Gasteiger partial charge in [-0.1, -0.05) is 48.5 Å². The Morgan fingerprint density at radius 3 is 2.56 bits per heavy atom. The van der Waals surface area contributed by atoms with Crippen molar-refractivity contribution in [3.05, 3.63) is 0 Å². The topological polar surface area (TPSA) is 9.23 Å². The molecule has 2 atom stereocenters. The fraction of sp³-hybridized carbons (Fsp3) is 1.00. The normalized spacial score (nSPS) is 34.1. The molecule has 2 fully saturated rings. The van der Waals surface area contributed by atoms with Gasteiger partial charge in [-0.2, -0.15) is 0 Å². The highest BCUT2D eigenvalue weighted by molar-refractivity contribution is 9.09. The Hall–Kier alpha value is 0.440. The molecule has 0 N–H and O–H groups in total. The summed E-state index contributed by atoms with van der Waals surface area (Å²) in [6.07, 6.45) is 10.9. The average Bonchev–Trinajstić information content (AvgIpc) is 2.76. The zero-order valence-corrected chi connectivity index (χ0v) is 12.1. The fourth-order valence-electron chi connectivity index (χ4n) is 3.34. The zero-order chi connectivity index (χ0) is 11.4. The van der Waals surface area contributed by atoms with Crippen LogP contribution in [0.15, 0.2) is 0 Å². The Morgan fingerprint density at radius 1 is 1.19 bits per heavy atom. The van der Waals surface area contributed by atoms with Gasteiger partial charge >= 0.3 is 0 Å². The number of halogens is 1. The molecule has 2 saturated carbocycles. The van der Waals surface area contributed by atoms with Crippen LogP contribution in [0, 0.1) is 11.8 Å². The van der Waals surface area contributed by atoms with Crippen LogP contribution >= 0.6 is 15.9 Å². The monoisotopic (exact) mass is 288 g/mol. The molecule has 2 rings (SSSR count). The zero-order valence-electron chi connectivity index (χ0n) is 10.5. The molecule has 0 heterocycles. The van der Waals surface area contributed by atoms with E-state index in [0.29, 0.717) is 0 Å². The molecule has 2 heteroatoms. The SMILES string of the molecule is CC1CCCC(COC2(CBr)CCCC2)C1. The van der Waals surface area contributed by atoms with E-state index >= 15 is 0 Å². The number of rotatable bonds is 4. The van der Waals surface area contributed by atoms with Crippen molar-refractivity contribution in [2.75, 3.05) is 11.9 Å². The van der Waals surface area contributed by atoms with E-state index in [2.05, 4.69) is 22.9 Å². The lowest BCUT2D eigenvalue weighted by atomic mass is 9.83. The lowest BCUT2D eigenvalue weighted by Crippen LogP contribution is -2.34. The van der Waals surface area contributed by atoms with Crippen LogP contribution in [0.3, 0.4) is 0 Å². The molecule has 16 heavy (non-hydrogen) atoms. The molecule has 2 unspecified atom stereocenters. The Balaban J connectivity index is 1.77. The van der Waals surface area contributed by atoms with Crippen molar-refractivity contribution in [2.45, 2.75) is 63.9 Å². The second-order valence-electron chi connectivity index (χ2n) is 5.97. The van der Waals surface area contributed by atoms with Crippen molar-refractivity contribution in [1.29, 1.82) is 0 Å². The van der Waals surface area contributed by atoms with Gasteiger partial charge in [0, 0.05) is 5.33 Å². The van der Waals surface area contributed by atoms with E-state index in [0.717, 1.165) is 23.8 Å². The molecule has 2 aliphatic carbocycles. The third kappa shape index (κ3) is 3.22. The Morgan fingerprint density at radius 2 is 1.94 bits per heavy atom. The second kappa shape index (κ2) is 5.86. The first kappa shape index (κ1) is 12.9. The van der Waals surface area contributed by atoms with Gasteiger partial charge in [-0.15, -0.1) is 0 Å². The Bertz CT molecular complexity index is 211. The maximum absolute atomic E-state index is 6.28. The maximum Gasteiger partial charge on any atom is 0.0779 e. The predicted molar refractivity (Wildman–Crippen MR) is 72.1 cm³/mol. The summed E-state index contributed by atoms with van der Waals surface area (Å²) >= 11 is 3.65. The third-order valence-corrected chi connectivity index (χ3v) is 5.45. The summed E-state index contributed by atoms with van der Waals surface area (Å²) in [7, 11) is 0.